The lowest BCUT2D eigenvalue weighted by Crippen LogP contribution is -2.26. The van der Waals surface area contributed by atoms with E-state index in [9.17, 15) is 4.79 Å². The fourth-order valence-electron chi connectivity index (χ4n) is 1.79. The van der Waals surface area contributed by atoms with Gasteiger partial charge in [0.2, 0.25) is 5.91 Å². The maximum atomic E-state index is 10.4. The molecule has 5 heteroatoms. The Morgan fingerprint density at radius 2 is 2.41 bits per heavy atom. The molecule has 1 aliphatic heterocycles. The average Bonchev–Trinajstić information content (AvgIpc) is 2.75. The van der Waals surface area contributed by atoms with Gasteiger partial charge in [0, 0.05) is 13.0 Å². The van der Waals surface area contributed by atoms with Crippen LogP contribution in [0.25, 0.3) is 0 Å². The first-order valence-corrected chi connectivity index (χ1v) is 5.63. The van der Waals surface area contributed by atoms with E-state index in [-0.39, 0.29) is 6.61 Å². The Morgan fingerprint density at radius 1 is 1.53 bits per heavy atom. The predicted octanol–water partition coefficient (Wildman–Crippen LogP) is 0.170. The van der Waals surface area contributed by atoms with Crippen molar-refractivity contribution in [2.75, 3.05) is 19.8 Å². The van der Waals surface area contributed by atoms with Crippen LogP contribution in [-0.2, 0) is 22.5 Å². The second-order valence-corrected chi connectivity index (χ2v) is 3.94. The van der Waals surface area contributed by atoms with Crippen molar-refractivity contribution in [2.24, 2.45) is 5.73 Å². The van der Waals surface area contributed by atoms with Crippen LogP contribution in [0.2, 0.25) is 0 Å². The van der Waals surface area contributed by atoms with Gasteiger partial charge in [0.1, 0.15) is 12.4 Å². The lowest BCUT2D eigenvalue weighted by molar-refractivity contribution is -0.125. The number of primary amides is 1. The van der Waals surface area contributed by atoms with Gasteiger partial charge in [0.15, 0.2) is 0 Å². The number of nitrogens with one attached hydrogen (secondary N) is 1. The van der Waals surface area contributed by atoms with Crippen LogP contribution < -0.4 is 16.0 Å². The van der Waals surface area contributed by atoms with E-state index < -0.39 is 5.91 Å². The summed E-state index contributed by atoms with van der Waals surface area (Å²) < 4.78 is 5.43. The van der Waals surface area contributed by atoms with Crippen molar-refractivity contribution in [1.82, 2.24) is 5.48 Å². The first-order valence-electron chi connectivity index (χ1n) is 5.63. The average molecular weight is 236 g/mol. The van der Waals surface area contributed by atoms with Gasteiger partial charge in [-0.15, -0.1) is 0 Å². The summed E-state index contributed by atoms with van der Waals surface area (Å²) in [4.78, 5) is 15.3. The lowest BCUT2D eigenvalue weighted by Gasteiger charge is -2.05. The van der Waals surface area contributed by atoms with E-state index in [1.807, 2.05) is 12.1 Å². The number of ether oxygens (including phenoxy) is 1. The molecule has 1 aliphatic rings. The van der Waals surface area contributed by atoms with Crippen LogP contribution in [0.3, 0.4) is 0 Å². The van der Waals surface area contributed by atoms with Crippen molar-refractivity contribution < 1.29 is 14.4 Å². The van der Waals surface area contributed by atoms with Crippen molar-refractivity contribution in [2.45, 2.75) is 12.8 Å². The number of nitrogens with two attached hydrogens (primary N) is 1. The summed E-state index contributed by atoms with van der Waals surface area (Å²) in [6.07, 6.45) is 1.82. The third-order valence-corrected chi connectivity index (χ3v) is 2.59. The molecule has 1 aromatic carbocycles. The minimum Gasteiger partial charge on any atom is -0.493 e. The van der Waals surface area contributed by atoms with Crippen LogP contribution in [-0.4, -0.2) is 25.7 Å². The van der Waals surface area contributed by atoms with Crippen molar-refractivity contribution >= 4 is 5.91 Å². The Hall–Kier alpha value is -1.59. The molecule has 0 bridgehead atoms. The molecular formula is C12H16N2O3. The highest BCUT2D eigenvalue weighted by molar-refractivity contribution is 5.74. The molecule has 5 nitrogen and oxygen atoms in total. The van der Waals surface area contributed by atoms with Crippen molar-refractivity contribution in [3.05, 3.63) is 29.3 Å². The Bertz CT molecular complexity index is 407. The van der Waals surface area contributed by atoms with Crippen LogP contribution in [0.4, 0.5) is 0 Å². The number of rotatable bonds is 6. The molecule has 0 saturated heterocycles. The molecule has 1 aromatic rings. The van der Waals surface area contributed by atoms with Crippen molar-refractivity contribution in [1.29, 1.82) is 0 Å². The topological polar surface area (TPSA) is 73.6 Å². The molecule has 1 heterocycles. The molecule has 0 fully saturated rings. The summed E-state index contributed by atoms with van der Waals surface area (Å²) in [6, 6.07) is 6.19. The van der Waals surface area contributed by atoms with Gasteiger partial charge in [-0.2, -0.15) is 0 Å². The summed E-state index contributed by atoms with van der Waals surface area (Å²) >= 11 is 0. The van der Waals surface area contributed by atoms with Crippen LogP contribution >= 0.6 is 0 Å². The number of carbonyl (C=O) groups is 1. The second kappa shape index (κ2) is 5.65. The quantitative estimate of drug-likeness (QED) is 0.545. The fraction of sp³-hybridized carbons (Fsp3) is 0.417. The summed E-state index contributed by atoms with van der Waals surface area (Å²) in [5, 5.41) is 0. The highest BCUT2D eigenvalue weighted by Gasteiger charge is 2.11. The molecule has 3 N–H and O–H groups in total. The molecule has 92 valence electrons. The predicted molar refractivity (Wildman–Crippen MR) is 62.5 cm³/mol. The number of amides is 1. The van der Waals surface area contributed by atoms with Crippen molar-refractivity contribution in [3.63, 3.8) is 0 Å². The zero-order valence-corrected chi connectivity index (χ0v) is 9.57. The number of hydrogen-bond donors (Lipinski definition) is 2. The van der Waals surface area contributed by atoms with Gasteiger partial charge < -0.3 is 10.5 Å². The molecule has 0 unspecified atom stereocenters. The van der Waals surface area contributed by atoms with E-state index in [0.29, 0.717) is 6.54 Å². The smallest absolute Gasteiger partial charge is 0.245 e. The van der Waals surface area contributed by atoms with Gasteiger partial charge in [-0.05, 0) is 23.6 Å². The zero-order valence-electron chi connectivity index (χ0n) is 9.57. The molecule has 1 amide bonds. The van der Waals surface area contributed by atoms with Crippen LogP contribution in [0.1, 0.15) is 11.1 Å². The third kappa shape index (κ3) is 3.44. The van der Waals surface area contributed by atoms with Gasteiger partial charge in [-0.25, -0.2) is 5.48 Å². The number of hydroxylamine groups is 1. The molecule has 0 atom stereocenters. The third-order valence-electron chi connectivity index (χ3n) is 2.59. The van der Waals surface area contributed by atoms with E-state index in [0.717, 1.165) is 25.2 Å². The number of benzene rings is 1. The number of carbonyl (C=O) groups excluding carboxylic acids is 1. The Labute approximate surface area is 99.8 Å². The van der Waals surface area contributed by atoms with E-state index in [1.165, 1.54) is 11.1 Å². The SMILES string of the molecule is NC(=O)CONCCc1ccc2c(c1)CCO2. The van der Waals surface area contributed by atoms with E-state index in [1.54, 1.807) is 0 Å². The Balaban J connectivity index is 1.74. The van der Waals surface area contributed by atoms with Crippen LogP contribution in [0, 0.1) is 0 Å². The Morgan fingerprint density at radius 3 is 3.24 bits per heavy atom. The van der Waals surface area contributed by atoms with Gasteiger partial charge >= 0.3 is 0 Å². The monoisotopic (exact) mass is 236 g/mol. The van der Waals surface area contributed by atoms with Crippen LogP contribution in [0.15, 0.2) is 18.2 Å². The maximum absolute atomic E-state index is 10.4. The molecule has 0 saturated carbocycles. The molecule has 2 rings (SSSR count). The van der Waals surface area contributed by atoms with Gasteiger partial charge in [-0.1, -0.05) is 12.1 Å². The molecule has 0 spiro atoms. The molecule has 0 radical (unpaired) electrons. The first kappa shape index (κ1) is 11.9. The van der Waals surface area contributed by atoms with E-state index >= 15 is 0 Å². The largest absolute Gasteiger partial charge is 0.493 e. The minimum absolute atomic E-state index is 0.0992. The van der Waals surface area contributed by atoms with Gasteiger partial charge in [-0.3, -0.25) is 9.63 Å². The fourth-order valence-corrected chi connectivity index (χ4v) is 1.79. The summed E-state index contributed by atoms with van der Waals surface area (Å²) in [7, 11) is 0. The first-order chi connectivity index (χ1) is 8.25. The summed E-state index contributed by atoms with van der Waals surface area (Å²) in [5.41, 5.74) is 10.1. The summed E-state index contributed by atoms with van der Waals surface area (Å²) in [6.45, 7) is 1.32. The highest BCUT2D eigenvalue weighted by atomic mass is 16.6. The minimum atomic E-state index is -0.479. The van der Waals surface area contributed by atoms with E-state index in [2.05, 4.69) is 11.5 Å². The van der Waals surface area contributed by atoms with E-state index in [4.69, 9.17) is 15.3 Å². The Kier molecular flexibility index (Phi) is 3.95. The van der Waals surface area contributed by atoms with Gasteiger partial charge in [0.05, 0.1) is 6.61 Å². The van der Waals surface area contributed by atoms with Crippen LogP contribution in [0.5, 0.6) is 5.75 Å². The molecule has 0 aromatic heterocycles. The lowest BCUT2D eigenvalue weighted by atomic mass is 10.1. The summed E-state index contributed by atoms with van der Waals surface area (Å²) in [5.74, 6) is 0.513. The van der Waals surface area contributed by atoms with Crippen molar-refractivity contribution in [3.8, 4) is 5.75 Å². The number of fused-ring (bicyclic) bond motifs is 1. The molecule has 0 aliphatic carbocycles. The second-order valence-electron chi connectivity index (χ2n) is 3.94. The highest BCUT2D eigenvalue weighted by Crippen LogP contribution is 2.25. The normalized spacial score (nSPS) is 13.2. The maximum Gasteiger partial charge on any atom is 0.245 e. The molecular weight excluding hydrogens is 220 g/mol. The van der Waals surface area contributed by atoms with Gasteiger partial charge in [0.25, 0.3) is 0 Å². The standard InChI is InChI=1S/C12H16N2O3/c13-12(15)8-17-14-5-3-9-1-2-11-10(7-9)4-6-16-11/h1-2,7,14H,3-6,8H2,(H2,13,15). The molecule has 17 heavy (non-hydrogen) atoms. The zero-order chi connectivity index (χ0) is 12.1. The number of hydrogen-bond acceptors (Lipinski definition) is 4.